The van der Waals surface area contributed by atoms with E-state index in [9.17, 15) is 9.18 Å². The molecule has 0 fully saturated rings. The summed E-state index contributed by atoms with van der Waals surface area (Å²) in [4.78, 5) is 12.6. The van der Waals surface area contributed by atoms with E-state index < -0.39 is 0 Å². The molecule has 0 aliphatic heterocycles. The second-order valence-electron chi connectivity index (χ2n) is 5.07. The molecule has 122 valence electrons. The maximum absolute atomic E-state index is 13.5. The molecule has 2 N–H and O–H groups in total. The highest BCUT2D eigenvalue weighted by Crippen LogP contribution is 2.22. The first-order valence-electron chi connectivity index (χ1n) is 7.53. The summed E-state index contributed by atoms with van der Waals surface area (Å²) in [6.07, 6.45) is 0.768. The van der Waals surface area contributed by atoms with Crippen LogP contribution >= 0.6 is 11.8 Å². The zero-order chi connectivity index (χ0) is 16.5. The molecule has 0 aliphatic carbocycles. The highest BCUT2D eigenvalue weighted by molar-refractivity contribution is 7.99. The number of aliphatic hydroxyl groups excluding tert-OH is 1. The Morgan fingerprint density at radius 2 is 1.83 bits per heavy atom. The molecule has 0 aliphatic rings. The van der Waals surface area contributed by atoms with Crippen molar-refractivity contribution in [2.45, 2.75) is 23.8 Å². The molecule has 1 unspecified atom stereocenters. The van der Waals surface area contributed by atoms with Crippen LogP contribution in [0.1, 0.15) is 24.4 Å². The first-order chi connectivity index (χ1) is 11.2. The van der Waals surface area contributed by atoms with Crippen molar-refractivity contribution in [1.29, 1.82) is 0 Å². The Hall–Kier alpha value is -1.85. The molecule has 1 amide bonds. The number of nitrogens with one attached hydrogen (secondary N) is 1. The van der Waals surface area contributed by atoms with Crippen molar-refractivity contribution < 1.29 is 14.3 Å². The Morgan fingerprint density at radius 1 is 1.13 bits per heavy atom. The van der Waals surface area contributed by atoms with E-state index in [4.69, 9.17) is 5.11 Å². The van der Waals surface area contributed by atoms with Gasteiger partial charge in [-0.15, -0.1) is 11.8 Å². The van der Waals surface area contributed by atoms with Gasteiger partial charge in [0.2, 0.25) is 5.91 Å². The van der Waals surface area contributed by atoms with Crippen molar-refractivity contribution in [3.05, 3.63) is 66.0 Å². The van der Waals surface area contributed by atoms with Gasteiger partial charge in [-0.3, -0.25) is 4.79 Å². The fourth-order valence-electron chi connectivity index (χ4n) is 2.22. The largest absolute Gasteiger partial charge is 0.396 e. The van der Waals surface area contributed by atoms with Crippen LogP contribution in [0.15, 0.2) is 59.5 Å². The van der Waals surface area contributed by atoms with Crippen LogP contribution in [0, 0.1) is 5.82 Å². The summed E-state index contributed by atoms with van der Waals surface area (Å²) >= 11 is 1.33. The molecule has 0 bridgehead atoms. The third kappa shape index (κ3) is 5.69. The van der Waals surface area contributed by atoms with Crippen molar-refractivity contribution in [3.63, 3.8) is 0 Å². The average Bonchev–Trinajstić information content (AvgIpc) is 2.57. The van der Waals surface area contributed by atoms with E-state index in [0.717, 1.165) is 5.56 Å². The lowest BCUT2D eigenvalue weighted by atomic mass is 10.0. The minimum atomic E-state index is -0.264. The molecule has 23 heavy (non-hydrogen) atoms. The van der Waals surface area contributed by atoms with E-state index in [1.165, 1.54) is 17.8 Å². The van der Waals surface area contributed by atoms with Gasteiger partial charge in [0.1, 0.15) is 5.82 Å². The Bertz CT molecular complexity index is 621. The monoisotopic (exact) mass is 333 g/mol. The van der Waals surface area contributed by atoms with Crippen LogP contribution in [0.25, 0.3) is 0 Å². The quantitative estimate of drug-likeness (QED) is 0.727. The zero-order valence-corrected chi connectivity index (χ0v) is 13.6. The van der Waals surface area contributed by atoms with Gasteiger partial charge in [0, 0.05) is 23.7 Å². The standard InChI is InChI=1S/C18H20FNO2S/c19-15-8-4-5-9-17(15)23-13-11-18(22)20-16(10-12-21)14-6-2-1-3-7-14/h1-9,16,21H,10-13H2,(H,20,22). The van der Waals surface area contributed by atoms with Crippen LogP contribution in [0.2, 0.25) is 0 Å². The molecule has 5 heteroatoms. The molecule has 2 aromatic rings. The number of hydrogen-bond donors (Lipinski definition) is 2. The van der Waals surface area contributed by atoms with Crippen LogP contribution < -0.4 is 5.32 Å². The summed E-state index contributed by atoms with van der Waals surface area (Å²) in [5.41, 5.74) is 0.969. The van der Waals surface area contributed by atoms with Crippen molar-refractivity contribution in [2.75, 3.05) is 12.4 Å². The van der Waals surface area contributed by atoms with Gasteiger partial charge in [0.25, 0.3) is 0 Å². The highest BCUT2D eigenvalue weighted by atomic mass is 32.2. The normalized spacial score (nSPS) is 11.9. The van der Waals surface area contributed by atoms with Gasteiger partial charge in [-0.2, -0.15) is 0 Å². The molecule has 0 heterocycles. The van der Waals surface area contributed by atoms with Crippen molar-refractivity contribution in [3.8, 4) is 0 Å². The molecule has 0 spiro atoms. The Balaban J connectivity index is 1.84. The van der Waals surface area contributed by atoms with Crippen LogP contribution in [0.3, 0.4) is 0 Å². The number of rotatable bonds is 8. The predicted molar refractivity (Wildman–Crippen MR) is 90.8 cm³/mol. The molecule has 2 rings (SSSR count). The van der Waals surface area contributed by atoms with E-state index in [1.807, 2.05) is 30.3 Å². The van der Waals surface area contributed by atoms with Gasteiger partial charge in [-0.25, -0.2) is 4.39 Å². The Kier molecular flexibility index (Phi) is 7.10. The molecule has 0 saturated heterocycles. The first kappa shape index (κ1) is 17.5. The van der Waals surface area contributed by atoms with Crippen LogP contribution in [0.5, 0.6) is 0 Å². The van der Waals surface area contributed by atoms with Crippen LogP contribution in [-0.2, 0) is 4.79 Å². The molecule has 2 aromatic carbocycles. The third-order valence-corrected chi connectivity index (χ3v) is 4.43. The molecule has 0 radical (unpaired) electrons. The van der Waals surface area contributed by atoms with Crippen molar-refractivity contribution in [2.24, 2.45) is 0 Å². The fraction of sp³-hybridized carbons (Fsp3) is 0.278. The highest BCUT2D eigenvalue weighted by Gasteiger charge is 2.14. The second kappa shape index (κ2) is 9.33. The maximum Gasteiger partial charge on any atom is 0.221 e. The van der Waals surface area contributed by atoms with E-state index in [0.29, 0.717) is 23.5 Å². The fourth-order valence-corrected chi connectivity index (χ4v) is 3.11. The van der Waals surface area contributed by atoms with E-state index in [2.05, 4.69) is 5.32 Å². The lowest BCUT2D eigenvalue weighted by molar-refractivity contribution is -0.121. The molecule has 0 saturated carbocycles. The Labute approximate surface area is 139 Å². The number of amides is 1. The minimum Gasteiger partial charge on any atom is -0.396 e. The third-order valence-electron chi connectivity index (χ3n) is 3.38. The summed E-state index contributed by atoms with van der Waals surface area (Å²) in [6, 6.07) is 15.9. The lowest BCUT2D eigenvalue weighted by Crippen LogP contribution is -2.29. The summed E-state index contributed by atoms with van der Waals surface area (Å²) in [6.45, 7) is 0.00379. The van der Waals surface area contributed by atoms with Gasteiger partial charge in [0.05, 0.1) is 6.04 Å². The molecule has 1 atom stereocenters. The molecular weight excluding hydrogens is 313 g/mol. The number of aliphatic hydroxyl groups is 1. The second-order valence-corrected chi connectivity index (χ2v) is 6.21. The zero-order valence-electron chi connectivity index (χ0n) is 12.7. The molecule has 3 nitrogen and oxygen atoms in total. The van der Waals surface area contributed by atoms with Gasteiger partial charge < -0.3 is 10.4 Å². The number of thioether (sulfide) groups is 1. The SMILES string of the molecule is O=C(CCSc1ccccc1F)NC(CCO)c1ccccc1. The predicted octanol–water partition coefficient (Wildman–Crippen LogP) is 3.55. The van der Waals surface area contributed by atoms with Gasteiger partial charge in [-0.05, 0) is 24.1 Å². The number of benzene rings is 2. The average molecular weight is 333 g/mol. The van der Waals surface area contributed by atoms with Crippen LogP contribution in [-0.4, -0.2) is 23.4 Å². The lowest BCUT2D eigenvalue weighted by Gasteiger charge is -2.18. The summed E-state index contributed by atoms with van der Waals surface area (Å²) < 4.78 is 13.5. The number of carbonyl (C=O) groups excluding carboxylic acids is 1. The van der Waals surface area contributed by atoms with Crippen LogP contribution in [0.4, 0.5) is 4.39 Å². The summed E-state index contributed by atoms with van der Waals surface area (Å²) in [5.74, 6) is 0.143. The van der Waals surface area contributed by atoms with Gasteiger partial charge in [-0.1, -0.05) is 42.5 Å². The van der Waals surface area contributed by atoms with Crippen molar-refractivity contribution in [1.82, 2.24) is 5.32 Å². The topological polar surface area (TPSA) is 49.3 Å². The number of hydrogen-bond acceptors (Lipinski definition) is 3. The minimum absolute atomic E-state index is 0.00379. The van der Waals surface area contributed by atoms with Crippen molar-refractivity contribution >= 4 is 17.7 Å². The van der Waals surface area contributed by atoms with E-state index in [1.54, 1.807) is 18.2 Å². The number of carbonyl (C=O) groups is 1. The van der Waals surface area contributed by atoms with Gasteiger partial charge >= 0.3 is 0 Å². The smallest absolute Gasteiger partial charge is 0.221 e. The summed E-state index contributed by atoms with van der Waals surface area (Å²) in [5, 5.41) is 12.1. The Morgan fingerprint density at radius 3 is 2.52 bits per heavy atom. The summed E-state index contributed by atoms with van der Waals surface area (Å²) in [7, 11) is 0. The maximum atomic E-state index is 13.5. The van der Waals surface area contributed by atoms with E-state index in [-0.39, 0.29) is 24.4 Å². The van der Waals surface area contributed by atoms with E-state index >= 15 is 0 Å². The number of halogens is 1. The first-order valence-corrected chi connectivity index (χ1v) is 8.51. The van der Waals surface area contributed by atoms with Gasteiger partial charge in [0.15, 0.2) is 0 Å². The molecule has 0 aromatic heterocycles. The molecular formula is C18H20FNO2S.